The fourth-order valence-corrected chi connectivity index (χ4v) is 2.09. The normalized spacial score (nSPS) is 11.5. The molecular weight excluding hydrogens is 300 g/mol. The summed E-state index contributed by atoms with van der Waals surface area (Å²) in [7, 11) is 0. The van der Waals surface area contributed by atoms with Crippen molar-refractivity contribution in [3.63, 3.8) is 0 Å². The maximum absolute atomic E-state index is 13.5. The topological polar surface area (TPSA) is 26.3 Å². The fraction of sp³-hybridized carbons (Fsp3) is 0.562. The average molecular weight is 320 g/mol. The number of esters is 1. The molecule has 0 fully saturated rings. The molecule has 0 amide bonds. The molecule has 0 aliphatic carbocycles. The van der Waals surface area contributed by atoms with Crippen molar-refractivity contribution in [3.05, 3.63) is 35.1 Å². The van der Waals surface area contributed by atoms with Crippen molar-refractivity contribution in [2.45, 2.75) is 51.6 Å². The van der Waals surface area contributed by atoms with Gasteiger partial charge in [0.05, 0.1) is 12.2 Å². The number of halogens is 4. The van der Waals surface area contributed by atoms with Crippen molar-refractivity contribution in [2.24, 2.45) is 0 Å². The maximum atomic E-state index is 13.5. The Morgan fingerprint density at radius 1 is 1.09 bits per heavy atom. The van der Waals surface area contributed by atoms with Gasteiger partial charge in [-0.05, 0) is 18.6 Å². The highest BCUT2D eigenvalue weighted by Crippen LogP contribution is 2.33. The molecule has 0 unspecified atom stereocenters. The van der Waals surface area contributed by atoms with Gasteiger partial charge in [-0.2, -0.15) is 13.2 Å². The molecular formula is C16H20F4O2. The first-order valence-corrected chi connectivity index (χ1v) is 7.40. The zero-order chi connectivity index (χ0) is 16.6. The van der Waals surface area contributed by atoms with Gasteiger partial charge in [-0.25, -0.2) is 9.18 Å². The fourth-order valence-electron chi connectivity index (χ4n) is 2.09. The average Bonchev–Trinajstić information content (AvgIpc) is 2.45. The van der Waals surface area contributed by atoms with Crippen LogP contribution in [0.3, 0.4) is 0 Å². The Bertz CT molecular complexity index is 484. The SMILES string of the molecule is CCCCCCCCOC(=O)c1c(F)cccc1C(F)(F)F. The predicted molar refractivity (Wildman–Crippen MR) is 75.1 cm³/mol. The lowest BCUT2D eigenvalue weighted by Gasteiger charge is -2.13. The largest absolute Gasteiger partial charge is 0.462 e. The molecule has 22 heavy (non-hydrogen) atoms. The Kier molecular flexibility index (Phi) is 7.35. The molecule has 6 heteroatoms. The Morgan fingerprint density at radius 3 is 2.36 bits per heavy atom. The standard InChI is InChI=1S/C16H20F4O2/c1-2-3-4-5-6-7-11-22-15(21)14-12(16(18,19)20)9-8-10-13(14)17/h8-10H,2-7,11H2,1H3. The minimum absolute atomic E-state index is 0.00338. The van der Waals surface area contributed by atoms with Gasteiger partial charge >= 0.3 is 12.1 Å². The van der Waals surface area contributed by atoms with E-state index in [9.17, 15) is 22.4 Å². The van der Waals surface area contributed by atoms with Gasteiger partial charge in [-0.1, -0.05) is 45.1 Å². The summed E-state index contributed by atoms with van der Waals surface area (Å²) in [6, 6.07) is 2.41. The van der Waals surface area contributed by atoms with Crippen molar-refractivity contribution in [1.82, 2.24) is 0 Å². The number of hydrogen-bond acceptors (Lipinski definition) is 2. The summed E-state index contributed by atoms with van der Waals surface area (Å²) in [6.45, 7) is 2.09. The highest BCUT2D eigenvalue weighted by Gasteiger charge is 2.37. The van der Waals surface area contributed by atoms with Gasteiger partial charge in [0, 0.05) is 0 Å². The number of ether oxygens (including phenoxy) is 1. The number of rotatable bonds is 8. The van der Waals surface area contributed by atoms with Crippen molar-refractivity contribution in [2.75, 3.05) is 6.61 Å². The van der Waals surface area contributed by atoms with Gasteiger partial charge in [0.25, 0.3) is 0 Å². The van der Waals surface area contributed by atoms with Gasteiger partial charge in [-0.3, -0.25) is 0 Å². The van der Waals surface area contributed by atoms with Crippen LogP contribution >= 0.6 is 0 Å². The summed E-state index contributed by atoms with van der Waals surface area (Å²) in [6.07, 6.45) is 0.903. The van der Waals surface area contributed by atoms with Crippen molar-refractivity contribution in [1.29, 1.82) is 0 Å². The first kappa shape index (κ1) is 18.5. The van der Waals surface area contributed by atoms with Crippen LogP contribution in [-0.4, -0.2) is 12.6 Å². The summed E-state index contributed by atoms with van der Waals surface area (Å²) in [5.41, 5.74) is -2.35. The number of benzene rings is 1. The third-order valence-corrected chi connectivity index (χ3v) is 3.25. The summed E-state index contributed by atoms with van der Waals surface area (Å²) in [5, 5.41) is 0. The van der Waals surface area contributed by atoms with Crippen molar-refractivity contribution in [3.8, 4) is 0 Å². The number of carbonyl (C=O) groups excluding carboxylic acids is 1. The molecule has 0 radical (unpaired) electrons. The molecule has 0 atom stereocenters. The molecule has 1 aromatic rings. The van der Waals surface area contributed by atoms with Crippen LogP contribution in [-0.2, 0) is 10.9 Å². The lowest BCUT2D eigenvalue weighted by Crippen LogP contribution is -2.17. The van der Waals surface area contributed by atoms with Gasteiger partial charge in [0.2, 0.25) is 0 Å². The summed E-state index contributed by atoms with van der Waals surface area (Å²) >= 11 is 0. The van der Waals surface area contributed by atoms with Crippen LogP contribution in [0.4, 0.5) is 17.6 Å². The first-order chi connectivity index (χ1) is 10.4. The molecule has 0 aliphatic heterocycles. The number of hydrogen-bond donors (Lipinski definition) is 0. The van der Waals surface area contributed by atoms with Crippen LogP contribution in [0.1, 0.15) is 61.4 Å². The zero-order valence-corrected chi connectivity index (χ0v) is 12.5. The second-order valence-electron chi connectivity index (χ2n) is 5.06. The Labute approximate surface area is 127 Å². The van der Waals surface area contributed by atoms with E-state index in [1.807, 2.05) is 0 Å². The Balaban J connectivity index is 2.56. The third kappa shape index (κ3) is 5.66. The Morgan fingerprint density at radius 2 is 1.73 bits per heavy atom. The quantitative estimate of drug-likeness (QED) is 0.366. The van der Waals surface area contributed by atoms with E-state index in [2.05, 4.69) is 6.92 Å². The molecule has 0 aromatic heterocycles. The van der Waals surface area contributed by atoms with E-state index in [0.717, 1.165) is 44.2 Å². The van der Waals surface area contributed by atoms with Crippen molar-refractivity contribution >= 4 is 5.97 Å². The van der Waals surface area contributed by atoms with E-state index < -0.39 is 29.1 Å². The molecule has 0 saturated heterocycles. The molecule has 2 nitrogen and oxygen atoms in total. The van der Waals surface area contributed by atoms with Crippen LogP contribution in [0.2, 0.25) is 0 Å². The van der Waals surface area contributed by atoms with E-state index >= 15 is 0 Å². The van der Waals surface area contributed by atoms with Gasteiger partial charge in [-0.15, -0.1) is 0 Å². The molecule has 1 aromatic carbocycles. The maximum Gasteiger partial charge on any atom is 0.417 e. The molecule has 0 N–H and O–H groups in total. The van der Waals surface area contributed by atoms with Crippen LogP contribution < -0.4 is 0 Å². The number of carbonyl (C=O) groups is 1. The molecule has 0 bridgehead atoms. The molecule has 1 rings (SSSR count). The highest BCUT2D eigenvalue weighted by molar-refractivity contribution is 5.91. The molecule has 0 heterocycles. The monoisotopic (exact) mass is 320 g/mol. The molecule has 0 saturated carbocycles. The summed E-state index contributed by atoms with van der Waals surface area (Å²) in [4.78, 5) is 11.7. The minimum Gasteiger partial charge on any atom is -0.462 e. The first-order valence-electron chi connectivity index (χ1n) is 7.40. The zero-order valence-electron chi connectivity index (χ0n) is 12.5. The molecule has 0 spiro atoms. The van der Waals surface area contributed by atoms with E-state index in [4.69, 9.17) is 4.74 Å². The Hall–Kier alpha value is -1.59. The smallest absolute Gasteiger partial charge is 0.417 e. The molecule has 0 aliphatic rings. The van der Waals surface area contributed by atoms with Crippen LogP contribution in [0.5, 0.6) is 0 Å². The summed E-state index contributed by atoms with van der Waals surface area (Å²) < 4.78 is 56.6. The van der Waals surface area contributed by atoms with E-state index in [1.165, 1.54) is 0 Å². The van der Waals surface area contributed by atoms with Crippen LogP contribution in [0, 0.1) is 5.82 Å². The number of unbranched alkanes of at least 4 members (excludes halogenated alkanes) is 5. The minimum atomic E-state index is -4.80. The highest BCUT2D eigenvalue weighted by atomic mass is 19.4. The van der Waals surface area contributed by atoms with E-state index in [-0.39, 0.29) is 6.61 Å². The van der Waals surface area contributed by atoms with Crippen LogP contribution in [0.25, 0.3) is 0 Å². The second-order valence-corrected chi connectivity index (χ2v) is 5.06. The molecule has 124 valence electrons. The van der Waals surface area contributed by atoms with Gasteiger partial charge < -0.3 is 4.74 Å². The van der Waals surface area contributed by atoms with Crippen molar-refractivity contribution < 1.29 is 27.1 Å². The third-order valence-electron chi connectivity index (χ3n) is 3.25. The van der Waals surface area contributed by atoms with E-state index in [0.29, 0.717) is 12.5 Å². The lowest BCUT2D eigenvalue weighted by molar-refractivity contribution is -0.138. The second kappa shape index (κ2) is 8.76. The lowest BCUT2D eigenvalue weighted by atomic mass is 10.1. The van der Waals surface area contributed by atoms with E-state index in [1.54, 1.807) is 0 Å². The number of alkyl halides is 3. The van der Waals surface area contributed by atoms with Crippen LogP contribution in [0.15, 0.2) is 18.2 Å². The predicted octanol–water partition coefficient (Wildman–Crippen LogP) is 5.36. The van der Waals surface area contributed by atoms with Gasteiger partial charge in [0.15, 0.2) is 0 Å². The summed E-state index contributed by atoms with van der Waals surface area (Å²) in [5.74, 6) is -2.48. The van der Waals surface area contributed by atoms with Gasteiger partial charge in [0.1, 0.15) is 11.4 Å².